The second-order valence-corrected chi connectivity index (χ2v) is 6.29. The zero-order chi connectivity index (χ0) is 16.3. The van der Waals surface area contributed by atoms with Crippen molar-refractivity contribution in [3.63, 3.8) is 0 Å². The van der Waals surface area contributed by atoms with Gasteiger partial charge in [0, 0.05) is 24.3 Å². The zero-order valence-electron chi connectivity index (χ0n) is 14.0. The van der Waals surface area contributed by atoms with Crippen molar-refractivity contribution in [2.75, 3.05) is 18.5 Å². The van der Waals surface area contributed by atoms with Gasteiger partial charge in [-0.05, 0) is 37.6 Å². The van der Waals surface area contributed by atoms with E-state index in [4.69, 9.17) is 4.74 Å². The summed E-state index contributed by atoms with van der Waals surface area (Å²) in [5.41, 5.74) is 2.27. The monoisotopic (exact) mass is 346 g/mol. The summed E-state index contributed by atoms with van der Waals surface area (Å²) in [6, 6.07) is 15.6. The Morgan fingerprint density at radius 2 is 1.92 bits per heavy atom. The molecule has 0 bridgehead atoms. The third-order valence-corrected chi connectivity index (χ3v) is 4.23. The fourth-order valence-electron chi connectivity index (χ4n) is 2.67. The summed E-state index contributed by atoms with van der Waals surface area (Å²) in [6.45, 7) is 6.12. The van der Waals surface area contributed by atoms with Crippen LogP contribution >= 0.6 is 12.4 Å². The highest BCUT2D eigenvalue weighted by Gasteiger charge is 2.29. The maximum Gasteiger partial charge on any atom is 0.234 e. The topological polar surface area (TPSA) is 50.4 Å². The molecule has 0 aromatic heterocycles. The minimum atomic E-state index is -0.594. The van der Waals surface area contributed by atoms with Crippen LogP contribution in [0.25, 0.3) is 0 Å². The highest BCUT2D eigenvalue weighted by molar-refractivity contribution is 5.98. The Bertz CT molecular complexity index is 702. The van der Waals surface area contributed by atoms with Gasteiger partial charge < -0.3 is 15.4 Å². The van der Waals surface area contributed by atoms with Crippen LogP contribution in [0.3, 0.4) is 0 Å². The van der Waals surface area contributed by atoms with E-state index >= 15 is 0 Å². The number of amides is 1. The van der Waals surface area contributed by atoms with Crippen LogP contribution in [0.2, 0.25) is 0 Å². The smallest absolute Gasteiger partial charge is 0.234 e. The molecular formula is C19H23ClN2O2. The molecule has 3 rings (SSSR count). The summed E-state index contributed by atoms with van der Waals surface area (Å²) in [6.07, 6.45) is 0. The van der Waals surface area contributed by atoms with Crippen LogP contribution in [0.5, 0.6) is 5.75 Å². The molecule has 2 aromatic rings. The third kappa shape index (κ3) is 3.89. The Morgan fingerprint density at radius 3 is 2.67 bits per heavy atom. The van der Waals surface area contributed by atoms with Crippen LogP contribution < -0.4 is 15.4 Å². The fraction of sp³-hybridized carbons (Fsp3) is 0.316. The van der Waals surface area contributed by atoms with Crippen LogP contribution in [0.1, 0.15) is 25.0 Å². The van der Waals surface area contributed by atoms with Crippen LogP contribution in [0.4, 0.5) is 5.69 Å². The summed E-state index contributed by atoms with van der Waals surface area (Å²) in [5, 5.41) is 6.33. The summed E-state index contributed by atoms with van der Waals surface area (Å²) < 4.78 is 5.67. The summed E-state index contributed by atoms with van der Waals surface area (Å²) >= 11 is 0. The van der Waals surface area contributed by atoms with Gasteiger partial charge in [0.25, 0.3) is 0 Å². The Kier molecular flexibility index (Phi) is 5.86. The van der Waals surface area contributed by atoms with Crippen molar-refractivity contribution in [3.05, 3.63) is 59.7 Å². The van der Waals surface area contributed by atoms with Crippen LogP contribution in [-0.4, -0.2) is 19.1 Å². The lowest BCUT2D eigenvalue weighted by Crippen LogP contribution is -2.34. The van der Waals surface area contributed by atoms with Crippen molar-refractivity contribution < 1.29 is 9.53 Å². The van der Waals surface area contributed by atoms with E-state index in [1.807, 2.05) is 62.4 Å². The SMILES string of the molecule is CC(C)(C(=O)Nc1ccc2c(c1)CNCCO2)c1ccccc1.Cl. The molecule has 0 fully saturated rings. The van der Waals surface area contributed by atoms with Gasteiger partial charge in [0.15, 0.2) is 0 Å². The van der Waals surface area contributed by atoms with Crippen molar-refractivity contribution in [2.45, 2.75) is 25.8 Å². The molecule has 0 saturated heterocycles. The first-order valence-electron chi connectivity index (χ1n) is 7.91. The minimum Gasteiger partial charge on any atom is -0.492 e. The molecule has 0 saturated carbocycles. The van der Waals surface area contributed by atoms with Crippen molar-refractivity contribution >= 4 is 24.0 Å². The molecule has 4 nitrogen and oxygen atoms in total. The molecule has 2 N–H and O–H groups in total. The fourth-order valence-corrected chi connectivity index (χ4v) is 2.67. The maximum absolute atomic E-state index is 12.7. The van der Waals surface area contributed by atoms with Gasteiger partial charge in [0.2, 0.25) is 5.91 Å². The Labute approximate surface area is 149 Å². The van der Waals surface area contributed by atoms with Gasteiger partial charge in [-0.25, -0.2) is 0 Å². The molecule has 2 aromatic carbocycles. The Morgan fingerprint density at radius 1 is 1.17 bits per heavy atom. The number of hydrogen-bond acceptors (Lipinski definition) is 3. The quantitative estimate of drug-likeness (QED) is 0.894. The van der Waals surface area contributed by atoms with Crippen LogP contribution in [0, 0.1) is 0 Å². The van der Waals surface area contributed by atoms with E-state index < -0.39 is 5.41 Å². The Hall–Kier alpha value is -2.04. The number of rotatable bonds is 3. The first kappa shape index (κ1) is 18.3. The number of carbonyl (C=O) groups is 1. The predicted molar refractivity (Wildman–Crippen MR) is 99.0 cm³/mol. The zero-order valence-corrected chi connectivity index (χ0v) is 14.8. The van der Waals surface area contributed by atoms with E-state index in [2.05, 4.69) is 10.6 Å². The summed E-state index contributed by atoms with van der Waals surface area (Å²) in [5.74, 6) is 0.862. The minimum absolute atomic E-state index is 0. The normalized spacial score (nSPS) is 13.8. The predicted octanol–water partition coefficient (Wildman–Crippen LogP) is 3.51. The highest BCUT2D eigenvalue weighted by atomic mass is 35.5. The van der Waals surface area contributed by atoms with E-state index in [9.17, 15) is 4.79 Å². The second kappa shape index (κ2) is 7.69. The van der Waals surface area contributed by atoms with E-state index in [-0.39, 0.29) is 18.3 Å². The van der Waals surface area contributed by atoms with Crippen molar-refractivity contribution in [1.29, 1.82) is 0 Å². The number of halogens is 1. The number of hydrogen-bond donors (Lipinski definition) is 2. The Balaban J connectivity index is 0.00000208. The maximum atomic E-state index is 12.7. The molecule has 1 heterocycles. The van der Waals surface area contributed by atoms with Gasteiger partial charge in [0.05, 0.1) is 5.41 Å². The van der Waals surface area contributed by atoms with Gasteiger partial charge in [0.1, 0.15) is 12.4 Å². The van der Waals surface area contributed by atoms with E-state index in [1.54, 1.807) is 0 Å². The number of anilines is 1. The molecule has 24 heavy (non-hydrogen) atoms. The first-order chi connectivity index (χ1) is 11.1. The number of benzene rings is 2. The van der Waals surface area contributed by atoms with E-state index in [0.29, 0.717) is 6.61 Å². The van der Waals surface area contributed by atoms with Crippen molar-refractivity contribution in [1.82, 2.24) is 5.32 Å². The molecule has 0 atom stereocenters. The van der Waals surface area contributed by atoms with Crippen molar-refractivity contribution in [2.24, 2.45) is 0 Å². The average molecular weight is 347 g/mol. The first-order valence-corrected chi connectivity index (χ1v) is 7.91. The molecular weight excluding hydrogens is 324 g/mol. The summed E-state index contributed by atoms with van der Waals surface area (Å²) in [4.78, 5) is 12.7. The van der Waals surface area contributed by atoms with E-state index in [1.165, 1.54) is 0 Å². The van der Waals surface area contributed by atoms with Gasteiger partial charge in [-0.3, -0.25) is 4.79 Å². The van der Waals surface area contributed by atoms with Gasteiger partial charge in [-0.2, -0.15) is 0 Å². The van der Waals surface area contributed by atoms with Gasteiger partial charge >= 0.3 is 0 Å². The molecule has 0 radical (unpaired) electrons. The molecule has 0 spiro atoms. The van der Waals surface area contributed by atoms with E-state index in [0.717, 1.165) is 35.7 Å². The average Bonchev–Trinajstić information content (AvgIpc) is 2.80. The molecule has 1 aliphatic heterocycles. The third-order valence-electron chi connectivity index (χ3n) is 4.23. The van der Waals surface area contributed by atoms with Crippen molar-refractivity contribution in [3.8, 4) is 5.75 Å². The van der Waals surface area contributed by atoms with Gasteiger partial charge in [-0.15, -0.1) is 12.4 Å². The lowest BCUT2D eigenvalue weighted by molar-refractivity contribution is -0.120. The molecule has 1 amide bonds. The van der Waals surface area contributed by atoms with Gasteiger partial charge in [-0.1, -0.05) is 30.3 Å². The van der Waals surface area contributed by atoms with Crippen LogP contribution in [-0.2, 0) is 16.8 Å². The number of ether oxygens (including phenoxy) is 1. The molecule has 128 valence electrons. The number of fused-ring (bicyclic) bond motifs is 1. The number of carbonyl (C=O) groups excluding carboxylic acids is 1. The molecule has 0 unspecified atom stereocenters. The lowest BCUT2D eigenvalue weighted by atomic mass is 9.83. The highest BCUT2D eigenvalue weighted by Crippen LogP contribution is 2.27. The number of nitrogens with one attached hydrogen (secondary N) is 2. The standard InChI is InChI=1S/C19H22N2O2.ClH/c1-19(2,15-6-4-3-5-7-15)18(22)21-16-8-9-17-14(12-16)13-20-10-11-23-17;/h3-9,12,20H,10-11,13H2,1-2H3,(H,21,22);1H. The molecule has 5 heteroatoms. The summed E-state index contributed by atoms with van der Waals surface area (Å²) in [7, 11) is 0. The molecule has 1 aliphatic rings. The molecule has 0 aliphatic carbocycles. The largest absolute Gasteiger partial charge is 0.492 e. The second-order valence-electron chi connectivity index (χ2n) is 6.29. The lowest BCUT2D eigenvalue weighted by Gasteiger charge is -2.24. The van der Waals surface area contributed by atoms with Crippen LogP contribution in [0.15, 0.2) is 48.5 Å².